The van der Waals surface area contributed by atoms with Gasteiger partial charge in [0, 0.05) is 11.7 Å². The van der Waals surface area contributed by atoms with E-state index in [1.807, 2.05) is 0 Å². The molecule has 0 aliphatic heterocycles. The van der Waals surface area contributed by atoms with Gasteiger partial charge < -0.3 is 20.5 Å². The average molecular weight is 435 g/mol. The van der Waals surface area contributed by atoms with E-state index < -0.39 is 0 Å². The lowest BCUT2D eigenvalue weighted by Gasteiger charge is -2.26. The molecule has 1 fully saturated rings. The second-order valence-electron chi connectivity index (χ2n) is 6.90. The van der Waals surface area contributed by atoms with E-state index in [4.69, 9.17) is 27.9 Å². The van der Waals surface area contributed by atoms with E-state index in [0.717, 1.165) is 25.7 Å². The minimum absolute atomic E-state index is 0.210. The van der Waals surface area contributed by atoms with E-state index in [0.29, 0.717) is 44.3 Å². The van der Waals surface area contributed by atoms with Gasteiger partial charge in [-0.25, -0.2) is 19.9 Å². The van der Waals surface area contributed by atoms with Crippen LogP contribution in [0.4, 0.5) is 17.5 Å². The van der Waals surface area contributed by atoms with Crippen LogP contribution in [0.5, 0.6) is 5.75 Å². The molecule has 1 aromatic carbocycles. The second kappa shape index (κ2) is 8.52. The Bertz CT molecular complexity index is 1000. The highest BCUT2D eigenvalue weighted by molar-refractivity contribution is 6.37. The van der Waals surface area contributed by atoms with Crippen molar-refractivity contribution in [1.29, 1.82) is 0 Å². The number of hydrogen-bond acceptors (Lipinski definition) is 8. The molecule has 10 heteroatoms. The van der Waals surface area contributed by atoms with Crippen molar-refractivity contribution < 1.29 is 9.84 Å². The van der Waals surface area contributed by atoms with Crippen molar-refractivity contribution in [2.75, 3.05) is 17.7 Å². The van der Waals surface area contributed by atoms with Gasteiger partial charge in [0.1, 0.15) is 17.4 Å². The summed E-state index contributed by atoms with van der Waals surface area (Å²) < 4.78 is 5.18. The maximum atomic E-state index is 9.67. The topological polar surface area (TPSA) is 105 Å². The second-order valence-corrected chi connectivity index (χ2v) is 7.71. The Balaban J connectivity index is 1.61. The summed E-state index contributed by atoms with van der Waals surface area (Å²) in [5, 5.41) is 17.0. The number of rotatable bonds is 5. The normalized spacial score (nSPS) is 19.2. The Labute approximate surface area is 177 Å². The van der Waals surface area contributed by atoms with E-state index >= 15 is 0 Å². The van der Waals surface area contributed by atoms with Gasteiger partial charge in [0.2, 0.25) is 5.95 Å². The molecule has 0 spiro atoms. The molecular weight excluding hydrogens is 415 g/mol. The molecule has 1 saturated carbocycles. The molecule has 2 aromatic heterocycles. The molecule has 1 aliphatic carbocycles. The molecule has 2 heterocycles. The summed E-state index contributed by atoms with van der Waals surface area (Å²) in [4.78, 5) is 17.5. The molecule has 29 heavy (non-hydrogen) atoms. The van der Waals surface area contributed by atoms with Crippen LogP contribution in [0, 0.1) is 0 Å². The summed E-state index contributed by atoms with van der Waals surface area (Å²) in [6.07, 6.45) is 6.20. The minimum atomic E-state index is -0.210. The Morgan fingerprint density at radius 2 is 1.79 bits per heavy atom. The predicted octanol–water partition coefficient (Wildman–Crippen LogP) is 4.19. The van der Waals surface area contributed by atoms with Crippen LogP contribution in [-0.4, -0.2) is 44.3 Å². The maximum absolute atomic E-state index is 9.67. The van der Waals surface area contributed by atoms with Crippen molar-refractivity contribution >= 4 is 51.7 Å². The summed E-state index contributed by atoms with van der Waals surface area (Å²) in [5.41, 5.74) is 1.83. The van der Waals surface area contributed by atoms with Gasteiger partial charge in [-0.3, -0.25) is 0 Å². The molecule has 0 radical (unpaired) electrons. The van der Waals surface area contributed by atoms with Crippen LogP contribution in [-0.2, 0) is 0 Å². The van der Waals surface area contributed by atoms with Gasteiger partial charge in [0.25, 0.3) is 0 Å². The zero-order valence-corrected chi connectivity index (χ0v) is 17.2. The van der Waals surface area contributed by atoms with Gasteiger partial charge in [-0.05, 0) is 37.8 Å². The smallest absolute Gasteiger partial charge is 0.223 e. The zero-order chi connectivity index (χ0) is 20.4. The van der Waals surface area contributed by atoms with Gasteiger partial charge in [-0.2, -0.15) is 0 Å². The largest absolute Gasteiger partial charge is 0.494 e. The summed E-state index contributed by atoms with van der Waals surface area (Å²) in [7, 11) is 1.51. The zero-order valence-electron chi connectivity index (χ0n) is 15.7. The van der Waals surface area contributed by atoms with E-state index in [9.17, 15) is 5.11 Å². The molecule has 8 nitrogen and oxygen atoms in total. The summed E-state index contributed by atoms with van der Waals surface area (Å²) in [5.74, 6) is 1.43. The number of aliphatic hydroxyl groups is 1. The fourth-order valence-corrected chi connectivity index (χ4v) is 4.02. The number of nitrogens with one attached hydrogen (secondary N) is 2. The van der Waals surface area contributed by atoms with Crippen LogP contribution < -0.4 is 15.4 Å². The standard InChI is InChI=1S/C19H20Cl2N6O2/c1-29-17-13(20)6-11(7-14(17)21)25-18-16-15(23-9-24-18)8-22-19(27-16)26-10-2-4-12(28)5-3-10/h6-10,12,28H,2-5H2,1H3,(H,22,26,27)(H,23,24,25)/t10-,12-. The van der Waals surface area contributed by atoms with Crippen molar-refractivity contribution in [3.05, 3.63) is 34.7 Å². The minimum Gasteiger partial charge on any atom is -0.494 e. The number of aliphatic hydroxyl groups excluding tert-OH is 1. The first-order chi connectivity index (χ1) is 14.0. The quantitative estimate of drug-likeness (QED) is 0.548. The summed E-state index contributed by atoms with van der Waals surface area (Å²) >= 11 is 12.5. The maximum Gasteiger partial charge on any atom is 0.223 e. The molecule has 4 rings (SSSR count). The summed E-state index contributed by atoms with van der Waals surface area (Å²) in [6, 6.07) is 3.64. The first kappa shape index (κ1) is 19.9. The molecule has 152 valence electrons. The molecule has 0 unspecified atom stereocenters. The van der Waals surface area contributed by atoms with Crippen LogP contribution in [0.1, 0.15) is 25.7 Å². The predicted molar refractivity (Wildman–Crippen MR) is 113 cm³/mol. The van der Waals surface area contributed by atoms with Gasteiger partial charge in [0.15, 0.2) is 11.6 Å². The van der Waals surface area contributed by atoms with Crippen molar-refractivity contribution in [3.63, 3.8) is 0 Å². The highest BCUT2D eigenvalue weighted by Crippen LogP contribution is 2.36. The number of anilines is 3. The van der Waals surface area contributed by atoms with Gasteiger partial charge >= 0.3 is 0 Å². The Morgan fingerprint density at radius 1 is 1.07 bits per heavy atom. The van der Waals surface area contributed by atoms with E-state index in [1.165, 1.54) is 13.4 Å². The van der Waals surface area contributed by atoms with Gasteiger partial charge in [-0.1, -0.05) is 23.2 Å². The number of benzene rings is 1. The van der Waals surface area contributed by atoms with Crippen LogP contribution >= 0.6 is 23.2 Å². The van der Waals surface area contributed by atoms with E-state index in [2.05, 4.69) is 30.6 Å². The molecule has 0 saturated heterocycles. The Hall–Kier alpha value is -2.42. The summed E-state index contributed by atoms with van der Waals surface area (Å²) in [6.45, 7) is 0. The highest BCUT2D eigenvalue weighted by atomic mass is 35.5. The lowest BCUT2D eigenvalue weighted by atomic mass is 9.93. The molecule has 0 atom stereocenters. The Morgan fingerprint density at radius 3 is 2.48 bits per heavy atom. The van der Waals surface area contributed by atoms with E-state index in [-0.39, 0.29) is 12.1 Å². The Kier molecular flexibility index (Phi) is 5.84. The van der Waals surface area contributed by atoms with Crippen LogP contribution in [0.3, 0.4) is 0 Å². The van der Waals surface area contributed by atoms with Crippen molar-refractivity contribution in [3.8, 4) is 5.75 Å². The lowest BCUT2D eigenvalue weighted by molar-refractivity contribution is 0.126. The number of halogens is 2. The lowest BCUT2D eigenvalue weighted by Crippen LogP contribution is -2.28. The number of aromatic nitrogens is 4. The van der Waals surface area contributed by atoms with Crippen molar-refractivity contribution in [2.45, 2.75) is 37.8 Å². The fourth-order valence-electron chi connectivity index (χ4n) is 3.38. The molecule has 1 aliphatic rings. The first-order valence-corrected chi connectivity index (χ1v) is 10.0. The number of fused-ring (bicyclic) bond motifs is 1. The van der Waals surface area contributed by atoms with Gasteiger partial charge in [0.05, 0.1) is 29.5 Å². The van der Waals surface area contributed by atoms with Crippen LogP contribution in [0.25, 0.3) is 11.0 Å². The number of methoxy groups -OCH3 is 1. The monoisotopic (exact) mass is 434 g/mol. The highest BCUT2D eigenvalue weighted by Gasteiger charge is 2.20. The first-order valence-electron chi connectivity index (χ1n) is 9.26. The molecular formula is C19H20Cl2N6O2. The third kappa shape index (κ3) is 4.44. The van der Waals surface area contributed by atoms with Crippen molar-refractivity contribution in [2.24, 2.45) is 0 Å². The molecule has 0 amide bonds. The molecule has 0 bridgehead atoms. The third-order valence-electron chi connectivity index (χ3n) is 4.87. The fraction of sp³-hybridized carbons (Fsp3) is 0.368. The number of hydrogen-bond donors (Lipinski definition) is 3. The van der Waals surface area contributed by atoms with Crippen LogP contribution in [0.2, 0.25) is 10.0 Å². The third-order valence-corrected chi connectivity index (χ3v) is 5.43. The van der Waals surface area contributed by atoms with E-state index in [1.54, 1.807) is 18.3 Å². The number of ether oxygens (including phenoxy) is 1. The number of nitrogens with zero attached hydrogens (tertiary/aromatic N) is 4. The SMILES string of the molecule is COc1c(Cl)cc(Nc2ncnc3cnc(N[C@H]4CC[C@H](O)CC4)nc23)cc1Cl. The molecule has 3 N–H and O–H groups in total. The average Bonchev–Trinajstić information content (AvgIpc) is 2.70. The van der Waals surface area contributed by atoms with Gasteiger partial charge in [-0.15, -0.1) is 0 Å². The van der Waals surface area contributed by atoms with Crippen LogP contribution in [0.15, 0.2) is 24.7 Å². The molecule has 3 aromatic rings. The van der Waals surface area contributed by atoms with Crippen molar-refractivity contribution in [1.82, 2.24) is 19.9 Å².